The molecule has 10 aromatic carbocycles. The molecule has 81 heavy (non-hydrogen) atoms. The van der Waals surface area contributed by atoms with Crippen LogP contribution < -0.4 is 35.7 Å². The van der Waals surface area contributed by atoms with Crippen LogP contribution in [0.25, 0.3) is 64.7 Å². The minimum absolute atomic E-state index is 0.0271. The fourth-order valence-electron chi connectivity index (χ4n) is 12.8. The molecule has 0 spiro atoms. The lowest BCUT2D eigenvalue weighted by molar-refractivity contribution is 0.172. The zero-order chi connectivity index (χ0) is 55.7. The minimum Gasteiger partial charge on any atom is -0.486 e. The second kappa shape index (κ2) is 18.9. The summed E-state index contributed by atoms with van der Waals surface area (Å²) in [4.78, 5) is 5.12. The van der Waals surface area contributed by atoms with E-state index < -0.39 is 0 Å². The predicted molar refractivity (Wildman–Crippen MR) is 347 cm³/mol. The van der Waals surface area contributed by atoms with Crippen molar-refractivity contribution in [2.75, 3.05) is 23.0 Å². The number of anilines is 6. The molecule has 4 nitrogen and oxygen atoms in total. The van der Waals surface area contributed by atoms with E-state index in [2.05, 4.69) is 279 Å². The molecule has 0 radical (unpaired) electrons. The van der Waals surface area contributed by atoms with Crippen LogP contribution in [0.1, 0.15) is 84.6 Å². The van der Waals surface area contributed by atoms with E-state index in [0.29, 0.717) is 13.2 Å². The zero-order valence-corrected chi connectivity index (χ0v) is 49.0. The Balaban J connectivity index is 1.06. The summed E-state index contributed by atoms with van der Waals surface area (Å²) in [5.41, 5.74) is 24.8. The maximum absolute atomic E-state index is 6.88. The average Bonchev–Trinajstić information content (AvgIpc) is 3.29. The number of thiophene rings is 1. The zero-order valence-electron chi connectivity index (χ0n) is 48.2. The summed E-state index contributed by atoms with van der Waals surface area (Å²) in [6.07, 6.45) is 0. The van der Waals surface area contributed by atoms with Crippen LogP contribution in [-0.2, 0) is 16.2 Å². The highest BCUT2D eigenvalue weighted by atomic mass is 32.1. The number of hydrogen-bond donors (Lipinski definition) is 0. The first-order valence-corrected chi connectivity index (χ1v) is 29.6. The topological polar surface area (TPSA) is 24.9 Å². The van der Waals surface area contributed by atoms with Crippen LogP contribution in [0, 0.1) is 6.92 Å². The Morgan fingerprint density at radius 2 is 0.975 bits per heavy atom. The van der Waals surface area contributed by atoms with Gasteiger partial charge in [0.05, 0.1) is 11.4 Å². The monoisotopic (exact) mass is 1070 g/mol. The highest BCUT2D eigenvalue weighted by Gasteiger charge is 2.46. The largest absolute Gasteiger partial charge is 0.486 e. The Morgan fingerprint density at radius 3 is 1.65 bits per heavy atom. The van der Waals surface area contributed by atoms with Gasteiger partial charge in [0.2, 0.25) is 0 Å². The van der Waals surface area contributed by atoms with Crippen LogP contribution >= 0.6 is 11.3 Å². The number of aryl methyl sites for hydroxylation is 1. The molecule has 11 aromatic rings. The molecule has 0 saturated heterocycles. The van der Waals surface area contributed by atoms with Crippen molar-refractivity contribution in [1.82, 2.24) is 0 Å². The third-order valence-corrected chi connectivity index (χ3v) is 18.3. The lowest BCUT2D eigenvalue weighted by Crippen LogP contribution is -2.61. The second-order valence-electron chi connectivity index (χ2n) is 25.7. The Morgan fingerprint density at radius 1 is 0.407 bits per heavy atom. The van der Waals surface area contributed by atoms with E-state index in [-0.39, 0.29) is 23.0 Å². The van der Waals surface area contributed by atoms with Crippen molar-refractivity contribution in [3.8, 4) is 56.0 Å². The Bertz CT molecular complexity index is 4230. The maximum Gasteiger partial charge on any atom is 0.252 e. The van der Waals surface area contributed by atoms with Gasteiger partial charge in [0.1, 0.15) is 13.2 Å². The van der Waals surface area contributed by atoms with Gasteiger partial charge >= 0.3 is 0 Å². The smallest absolute Gasteiger partial charge is 0.252 e. The highest BCUT2D eigenvalue weighted by Crippen LogP contribution is 2.53. The van der Waals surface area contributed by atoms with Crippen molar-refractivity contribution in [3.05, 3.63) is 222 Å². The van der Waals surface area contributed by atoms with E-state index >= 15 is 0 Å². The summed E-state index contributed by atoms with van der Waals surface area (Å²) >= 11 is 1.87. The molecule has 0 bridgehead atoms. The average molecular weight is 1070 g/mol. The summed E-state index contributed by atoms with van der Waals surface area (Å²) in [6.45, 7) is 23.7. The van der Waals surface area contributed by atoms with Crippen molar-refractivity contribution < 1.29 is 9.47 Å². The van der Waals surface area contributed by atoms with Crippen LogP contribution in [-0.4, -0.2) is 19.9 Å². The molecule has 0 amide bonds. The number of hydrogen-bond acceptors (Lipinski definition) is 5. The number of benzene rings is 10. The van der Waals surface area contributed by atoms with Crippen LogP contribution in [0.4, 0.5) is 34.1 Å². The van der Waals surface area contributed by atoms with Crippen molar-refractivity contribution in [1.29, 1.82) is 0 Å². The maximum atomic E-state index is 6.88. The Kier molecular flexibility index (Phi) is 11.9. The molecule has 0 atom stereocenters. The van der Waals surface area contributed by atoms with Gasteiger partial charge in [-0.2, -0.15) is 0 Å². The van der Waals surface area contributed by atoms with Gasteiger partial charge in [0.15, 0.2) is 11.5 Å². The fraction of sp³-hybridized carbons (Fsp3) is 0.200. The summed E-state index contributed by atoms with van der Waals surface area (Å²) < 4.78 is 16.0. The van der Waals surface area contributed by atoms with Crippen LogP contribution in [0.3, 0.4) is 0 Å². The van der Waals surface area contributed by atoms with Crippen molar-refractivity contribution in [3.63, 3.8) is 0 Å². The molecule has 3 aliphatic rings. The number of fused-ring (bicyclic) bond motifs is 9. The number of ether oxygens (including phenoxy) is 2. The van der Waals surface area contributed by atoms with Crippen molar-refractivity contribution in [2.24, 2.45) is 0 Å². The molecule has 0 unspecified atom stereocenters. The first-order valence-electron chi connectivity index (χ1n) is 28.7. The molecular weight excluding hydrogens is 1000 g/mol. The minimum atomic E-state index is -0.144. The van der Waals surface area contributed by atoms with Gasteiger partial charge in [-0.15, -0.1) is 11.3 Å². The van der Waals surface area contributed by atoms with Gasteiger partial charge < -0.3 is 19.3 Å². The molecule has 3 aliphatic heterocycles. The molecule has 14 rings (SSSR count). The van der Waals surface area contributed by atoms with Crippen LogP contribution in [0.5, 0.6) is 11.5 Å². The van der Waals surface area contributed by atoms with E-state index in [1.807, 2.05) is 11.3 Å². The van der Waals surface area contributed by atoms with Crippen molar-refractivity contribution >= 4 is 88.7 Å². The molecule has 4 heterocycles. The SMILES string of the molecule is Cc1cc2c3c(c1)N(c1ccc(C(C)(C)C)cc1-c1ccccc1)c1c(ccc4c1OCCO4)B3c1ccc(-c3ccc4c(c3)sc3ccccc34)cc1N2c1cc(-c2ccc(C(C)(C)C)cc2)cc(-c2ccc(C(C)(C)C)cc2)c1. The predicted octanol–water partition coefficient (Wildman–Crippen LogP) is 18.8. The lowest BCUT2D eigenvalue weighted by atomic mass is 9.33. The molecule has 0 N–H and O–H groups in total. The molecular formula is C75H67BN2O2S. The standard InChI is InChI=1S/C75H67BN2O2S/c1-46-38-65-70-66(39-46)78(63-34-30-56(75(8,9)10)45-60(63)49-16-12-11-13-17-49)71-62(33-35-67-72(71)80-37-36-79-67)76(70)61-32-25-50(51-24-31-59-58-18-14-15-19-68(58)81-69(59)44-51)43-64(61)77(65)57-41-52(47-20-26-54(27-21-47)73(2,3)4)40-53(42-57)48-22-28-55(29-23-48)74(5,6)7/h11-35,38-45H,36-37H2,1-10H3. The fourth-order valence-corrected chi connectivity index (χ4v) is 13.9. The first kappa shape index (κ1) is 50.9. The highest BCUT2D eigenvalue weighted by molar-refractivity contribution is 7.25. The number of nitrogens with zero attached hydrogens (tertiary/aromatic N) is 2. The van der Waals surface area contributed by atoms with Crippen LogP contribution in [0.15, 0.2) is 200 Å². The van der Waals surface area contributed by atoms with E-state index in [1.165, 1.54) is 86.6 Å². The van der Waals surface area contributed by atoms with Crippen LogP contribution in [0.2, 0.25) is 0 Å². The summed E-state index contributed by atoms with van der Waals surface area (Å²) in [7, 11) is 0. The summed E-state index contributed by atoms with van der Waals surface area (Å²) in [5.74, 6) is 1.56. The second-order valence-corrected chi connectivity index (χ2v) is 26.8. The van der Waals surface area contributed by atoms with Gasteiger partial charge in [0, 0.05) is 48.5 Å². The van der Waals surface area contributed by atoms with Crippen molar-refractivity contribution in [2.45, 2.75) is 85.5 Å². The molecule has 0 fully saturated rings. The molecule has 1 aromatic heterocycles. The lowest BCUT2D eigenvalue weighted by Gasteiger charge is -2.45. The number of rotatable bonds is 6. The summed E-state index contributed by atoms with van der Waals surface area (Å²) in [6, 6.07) is 76.2. The third kappa shape index (κ3) is 8.73. The molecule has 6 heteroatoms. The normalized spacial score (nSPS) is 13.8. The quantitative estimate of drug-likeness (QED) is 0.155. The van der Waals surface area contributed by atoms with Gasteiger partial charge in [-0.3, -0.25) is 0 Å². The van der Waals surface area contributed by atoms with E-state index in [0.717, 1.165) is 62.3 Å². The van der Waals surface area contributed by atoms with E-state index in [1.54, 1.807) is 0 Å². The molecule has 0 saturated carbocycles. The Hall–Kier alpha value is -8.32. The van der Waals surface area contributed by atoms with Gasteiger partial charge in [-0.25, -0.2) is 0 Å². The van der Waals surface area contributed by atoms with Gasteiger partial charge in [-0.1, -0.05) is 196 Å². The van der Waals surface area contributed by atoms with Gasteiger partial charge in [0.25, 0.3) is 6.71 Å². The molecule has 0 aliphatic carbocycles. The first-order chi connectivity index (χ1) is 38.9. The van der Waals surface area contributed by atoms with E-state index in [9.17, 15) is 0 Å². The van der Waals surface area contributed by atoms with Gasteiger partial charge in [-0.05, 0) is 167 Å². The Labute approximate surface area is 482 Å². The molecule has 398 valence electrons. The summed E-state index contributed by atoms with van der Waals surface area (Å²) in [5, 5.41) is 2.61. The third-order valence-electron chi connectivity index (χ3n) is 17.1. The van der Waals surface area contributed by atoms with E-state index in [4.69, 9.17) is 9.47 Å².